The molecule has 13 aromatic carbocycles. The Labute approximate surface area is 485 Å². The maximum atomic E-state index is 12.7. The molecular formula is C78H44N6O. The zero-order valence-corrected chi connectivity index (χ0v) is 45.5. The smallest absolute Gasteiger partial charge is 0.237 e. The van der Waals surface area contributed by atoms with Crippen molar-refractivity contribution in [1.82, 2.24) is 18.3 Å². The fourth-order valence-electron chi connectivity index (χ4n) is 14.4. The molecule has 0 saturated carbocycles. The van der Waals surface area contributed by atoms with Crippen LogP contribution in [0, 0.1) is 17.9 Å². The van der Waals surface area contributed by atoms with E-state index in [4.69, 9.17) is 9.26 Å². The van der Waals surface area contributed by atoms with Crippen LogP contribution in [0.1, 0.15) is 5.56 Å². The van der Waals surface area contributed by atoms with Gasteiger partial charge in [0.05, 0.1) is 84.4 Å². The van der Waals surface area contributed by atoms with E-state index in [1.54, 1.807) is 0 Å². The second kappa shape index (κ2) is 17.8. The molecule has 0 radical (unpaired) electrons. The Morgan fingerprint density at radius 1 is 0.329 bits per heavy atom. The van der Waals surface area contributed by atoms with Crippen LogP contribution in [0.3, 0.4) is 0 Å². The van der Waals surface area contributed by atoms with E-state index in [1.807, 2.05) is 24.3 Å². The molecule has 0 atom stereocenters. The molecule has 0 spiro atoms. The Bertz CT molecular complexity index is 5710. The van der Waals surface area contributed by atoms with Crippen molar-refractivity contribution in [2.24, 2.45) is 0 Å². The zero-order chi connectivity index (χ0) is 56.0. The van der Waals surface area contributed by atoms with Crippen molar-refractivity contribution >= 4 is 126 Å². The van der Waals surface area contributed by atoms with Crippen molar-refractivity contribution < 1.29 is 4.42 Å². The third-order valence-corrected chi connectivity index (χ3v) is 17.8. The SMILES string of the molecule is [C-]#[N+]c1c(-n2c3ccccc3c3ccccc32)c(C#N)c(-n2c3ccccc3c3ccccc32)c(-n2c3ccc(-c4ccccc4-c4cccc5ccccc45)cc3c3ccc4oc5ccccc5c4c32)c1-n1c2ccccc2c2ccccc21. The highest BCUT2D eigenvalue weighted by molar-refractivity contribution is 6.26. The lowest BCUT2D eigenvalue weighted by atomic mass is 9.91. The largest absolute Gasteiger partial charge is 0.456 e. The maximum absolute atomic E-state index is 12.7. The van der Waals surface area contributed by atoms with Crippen LogP contribution in [0.2, 0.25) is 0 Å². The topological polar surface area (TPSA) is 61.0 Å². The molecule has 85 heavy (non-hydrogen) atoms. The number of hydrogen-bond acceptors (Lipinski definition) is 2. The summed E-state index contributed by atoms with van der Waals surface area (Å²) in [4.78, 5) is 4.83. The van der Waals surface area contributed by atoms with Gasteiger partial charge < -0.3 is 22.7 Å². The van der Waals surface area contributed by atoms with Gasteiger partial charge in [-0.3, -0.25) is 0 Å². The van der Waals surface area contributed by atoms with Crippen LogP contribution in [-0.4, -0.2) is 18.3 Å². The lowest BCUT2D eigenvalue weighted by Crippen LogP contribution is -2.14. The van der Waals surface area contributed by atoms with E-state index < -0.39 is 0 Å². The van der Waals surface area contributed by atoms with Crippen molar-refractivity contribution in [3.8, 4) is 51.1 Å². The highest BCUT2D eigenvalue weighted by Crippen LogP contribution is 2.53. The summed E-state index contributed by atoms with van der Waals surface area (Å²) in [6, 6.07) is 97.0. The molecule has 0 N–H and O–H groups in total. The van der Waals surface area contributed by atoms with Gasteiger partial charge in [-0.05, 0) is 99.8 Å². The Balaban J connectivity index is 1.11. The average Bonchev–Trinajstić information content (AvgIpc) is 1.69. The van der Waals surface area contributed by atoms with E-state index in [0.29, 0.717) is 34.0 Å². The number of para-hydroxylation sites is 7. The molecule has 0 bridgehead atoms. The molecule has 0 aliphatic heterocycles. The predicted octanol–water partition coefficient (Wildman–Crippen LogP) is 20.9. The minimum absolute atomic E-state index is 0.328. The monoisotopic (exact) mass is 1080 g/mol. The van der Waals surface area contributed by atoms with Crippen molar-refractivity contribution in [3.63, 3.8) is 0 Å². The molecule has 392 valence electrons. The molecule has 0 saturated heterocycles. The van der Waals surface area contributed by atoms with Gasteiger partial charge >= 0.3 is 0 Å². The second-order valence-electron chi connectivity index (χ2n) is 22.0. The fourth-order valence-corrected chi connectivity index (χ4v) is 14.4. The quantitative estimate of drug-likeness (QED) is 0.156. The first-order chi connectivity index (χ1) is 42.2. The lowest BCUT2D eigenvalue weighted by molar-refractivity contribution is 0.669. The first kappa shape index (κ1) is 46.8. The predicted molar refractivity (Wildman–Crippen MR) is 350 cm³/mol. The Hall–Kier alpha value is -11.9. The van der Waals surface area contributed by atoms with Crippen molar-refractivity contribution in [1.29, 1.82) is 5.26 Å². The van der Waals surface area contributed by atoms with E-state index >= 15 is 0 Å². The first-order valence-electron chi connectivity index (χ1n) is 28.6. The van der Waals surface area contributed by atoms with Gasteiger partial charge in [-0.25, -0.2) is 4.85 Å². The summed E-state index contributed by atoms with van der Waals surface area (Å²) < 4.78 is 16.1. The van der Waals surface area contributed by atoms with Gasteiger partial charge in [0.25, 0.3) is 0 Å². The van der Waals surface area contributed by atoms with Gasteiger partial charge in [0.1, 0.15) is 17.2 Å². The molecule has 18 aromatic rings. The maximum Gasteiger partial charge on any atom is 0.237 e. The van der Waals surface area contributed by atoms with E-state index in [9.17, 15) is 11.8 Å². The fraction of sp³-hybridized carbons (Fsp3) is 0. The van der Waals surface area contributed by atoms with Gasteiger partial charge in [0, 0.05) is 48.5 Å². The van der Waals surface area contributed by atoms with Crippen LogP contribution in [0.25, 0.3) is 170 Å². The number of benzene rings is 13. The van der Waals surface area contributed by atoms with E-state index in [1.165, 1.54) is 10.8 Å². The standard InChI is InChI=1S/C78H44N6O/c1-80-73-75(81-63-34-13-6-26-53(63)54-27-7-14-35-64(54)81)62(46-79)76(82-65-36-15-8-28-55(65)56-29-9-16-37-66(56)82)78(77(73)83-67-38-17-10-30-57(67)58-31-11-18-39-68(58)83)84-69-43-41-48(50-24-4-5-25-51(50)52-33-20-22-47-21-2-3-23-49(47)52)45-61(69)59-42-44-71-72(74(59)84)60-32-12-19-40-70(60)85-71/h2-45H. The van der Waals surface area contributed by atoms with Gasteiger partial charge in [0.2, 0.25) is 5.69 Å². The number of nitriles is 1. The number of nitrogens with zero attached hydrogens (tertiary/aromatic N) is 6. The summed E-state index contributed by atoms with van der Waals surface area (Å²) in [6.45, 7) is 9.93. The Morgan fingerprint density at radius 3 is 1.34 bits per heavy atom. The molecule has 0 aliphatic carbocycles. The van der Waals surface area contributed by atoms with Crippen LogP contribution in [0.4, 0.5) is 5.69 Å². The third-order valence-electron chi connectivity index (χ3n) is 17.8. The molecule has 7 nitrogen and oxygen atoms in total. The summed E-state index contributed by atoms with van der Waals surface area (Å²) >= 11 is 0. The van der Waals surface area contributed by atoms with Crippen LogP contribution in [0.15, 0.2) is 271 Å². The van der Waals surface area contributed by atoms with Gasteiger partial charge in [0.15, 0.2) is 0 Å². The number of fused-ring (bicyclic) bond motifs is 17. The second-order valence-corrected chi connectivity index (χ2v) is 22.0. The number of aromatic nitrogens is 4. The van der Waals surface area contributed by atoms with E-state index in [-0.39, 0.29) is 0 Å². The normalized spacial score (nSPS) is 12.0. The molecule has 5 heterocycles. The van der Waals surface area contributed by atoms with Crippen molar-refractivity contribution in [3.05, 3.63) is 284 Å². The highest BCUT2D eigenvalue weighted by Gasteiger charge is 2.35. The average molecular weight is 1080 g/mol. The first-order valence-corrected chi connectivity index (χ1v) is 28.6. The summed E-state index contributed by atoms with van der Waals surface area (Å²) in [5, 5.41) is 25.2. The summed E-state index contributed by atoms with van der Waals surface area (Å²) in [6.07, 6.45) is 0. The molecule has 5 aromatic heterocycles. The molecule has 0 unspecified atom stereocenters. The Morgan fingerprint density at radius 2 is 0.776 bits per heavy atom. The van der Waals surface area contributed by atoms with E-state index in [0.717, 1.165) is 131 Å². The van der Waals surface area contributed by atoms with Crippen LogP contribution in [0.5, 0.6) is 0 Å². The summed E-state index contributed by atoms with van der Waals surface area (Å²) in [5.41, 5.74) is 16.3. The number of hydrogen-bond donors (Lipinski definition) is 0. The van der Waals surface area contributed by atoms with Gasteiger partial charge in [-0.15, -0.1) is 0 Å². The molecule has 18 rings (SSSR count). The molecular weight excluding hydrogens is 1040 g/mol. The highest BCUT2D eigenvalue weighted by atomic mass is 16.3. The van der Waals surface area contributed by atoms with Crippen LogP contribution < -0.4 is 0 Å². The van der Waals surface area contributed by atoms with Gasteiger partial charge in [-0.2, -0.15) is 5.26 Å². The minimum atomic E-state index is 0.328. The van der Waals surface area contributed by atoms with Gasteiger partial charge in [-0.1, -0.05) is 200 Å². The van der Waals surface area contributed by atoms with Crippen molar-refractivity contribution in [2.75, 3.05) is 0 Å². The van der Waals surface area contributed by atoms with Crippen LogP contribution in [-0.2, 0) is 0 Å². The zero-order valence-electron chi connectivity index (χ0n) is 45.5. The lowest BCUT2D eigenvalue weighted by Gasteiger charge is -2.27. The molecule has 7 heteroatoms. The number of furan rings is 1. The summed E-state index contributed by atoms with van der Waals surface area (Å²) in [5.74, 6) is 0. The molecule has 0 amide bonds. The number of rotatable bonds is 6. The molecule has 0 fully saturated rings. The summed E-state index contributed by atoms with van der Waals surface area (Å²) in [7, 11) is 0. The third kappa shape index (κ3) is 6.41. The van der Waals surface area contributed by atoms with Crippen molar-refractivity contribution in [2.45, 2.75) is 0 Å². The minimum Gasteiger partial charge on any atom is -0.456 e. The Kier molecular flexibility index (Phi) is 9.80. The van der Waals surface area contributed by atoms with Crippen LogP contribution >= 0.6 is 0 Å². The van der Waals surface area contributed by atoms with E-state index in [2.05, 4.69) is 267 Å². The molecule has 0 aliphatic rings.